The van der Waals surface area contributed by atoms with Gasteiger partial charge in [0.1, 0.15) is 0 Å². The molecule has 0 fully saturated rings. The highest BCUT2D eigenvalue weighted by Gasteiger charge is 2.06. The van der Waals surface area contributed by atoms with Gasteiger partial charge in [0.2, 0.25) is 0 Å². The van der Waals surface area contributed by atoms with Gasteiger partial charge in [-0.15, -0.1) is 0 Å². The molecule has 0 unspecified atom stereocenters. The summed E-state index contributed by atoms with van der Waals surface area (Å²) in [5.74, 6) is -0.233. The van der Waals surface area contributed by atoms with Crippen LogP contribution in [0.3, 0.4) is 0 Å². The zero-order valence-corrected chi connectivity index (χ0v) is 9.07. The Kier molecular flexibility index (Phi) is 3.05. The van der Waals surface area contributed by atoms with E-state index in [0.29, 0.717) is 0 Å². The second kappa shape index (κ2) is 4.66. The van der Waals surface area contributed by atoms with Crippen LogP contribution < -0.4 is 5.32 Å². The van der Waals surface area contributed by atoms with Crippen molar-refractivity contribution >= 4 is 17.7 Å². The van der Waals surface area contributed by atoms with Crippen molar-refractivity contribution in [2.24, 2.45) is 0 Å². The third kappa shape index (κ3) is 2.31. The van der Waals surface area contributed by atoms with Crippen molar-refractivity contribution in [3.8, 4) is 0 Å². The van der Waals surface area contributed by atoms with Crippen molar-refractivity contribution in [1.29, 1.82) is 0 Å². The van der Waals surface area contributed by atoms with Gasteiger partial charge in [0.05, 0.1) is 13.5 Å². The van der Waals surface area contributed by atoms with E-state index in [-0.39, 0.29) is 12.4 Å². The molecule has 1 aromatic carbocycles. The molecule has 0 saturated carbocycles. The Balaban J connectivity index is 2.18. The highest BCUT2D eigenvalue weighted by atomic mass is 16.5. The summed E-state index contributed by atoms with van der Waals surface area (Å²) < 4.78 is 4.63. The number of anilines is 1. The molecule has 0 aliphatic carbocycles. The number of rotatable bonds is 2. The summed E-state index contributed by atoms with van der Waals surface area (Å²) in [6.45, 7) is 0. The molecule has 1 aromatic rings. The normalized spacial score (nSPS) is 13.2. The van der Waals surface area contributed by atoms with Crippen LogP contribution in [0.4, 0.5) is 5.69 Å². The van der Waals surface area contributed by atoms with Crippen LogP contribution >= 0.6 is 0 Å². The van der Waals surface area contributed by atoms with Crippen molar-refractivity contribution in [3.05, 3.63) is 47.7 Å². The van der Waals surface area contributed by atoms with Crippen LogP contribution in [0.15, 0.2) is 42.1 Å². The van der Waals surface area contributed by atoms with Gasteiger partial charge < -0.3 is 10.1 Å². The van der Waals surface area contributed by atoms with Gasteiger partial charge >= 0.3 is 5.97 Å². The number of nitrogens with one attached hydrogen (secondary N) is 1. The predicted molar refractivity (Wildman–Crippen MR) is 63.8 cm³/mol. The van der Waals surface area contributed by atoms with Crippen LogP contribution in [0, 0.1) is 0 Å². The molecule has 0 aromatic heterocycles. The fraction of sp³-hybridized carbons (Fsp3) is 0.154. The van der Waals surface area contributed by atoms with Crippen LogP contribution in [0.25, 0.3) is 6.08 Å². The average molecular weight is 215 g/mol. The number of carbonyl (C=O) groups excluding carboxylic acids is 1. The Morgan fingerprint density at radius 1 is 1.31 bits per heavy atom. The maximum atomic E-state index is 11.1. The first-order valence-corrected chi connectivity index (χ1v) is 5.09. The van der Waals surface area contributed by atoms with Crippen molar-refractivity contribution in [3.63, 3.8) is 0 Å². The Labute approximate surface area is 94.4 Å². The molecule has 82 valence electrons. The molecule has 3 nitrogen and oxygen atoms in total. The minimum atomic E-state index is -0.233. The fourth-order valence-electron chi connectivity index (χ4n) is 1.54. The maximum Gasteiger partial charge on any atom is 0.310 e. The minimum absolute atomic E-state index is 0.233. The van der Waals surface area contributed by atoms with Gasteiger partial charge in [-0.25, -0.2) is 0 Å². The molecule has 3 heteroatoms. The summed E-state index contributed by atoms with van der Waals surface area (Å²) in [6, 6.07) is 7.97. The lowest BCUT2D eigenvalue weighted by molar-refractivity contribution is -0.139. The Morgan fingerprint density at radius 2 is 2.12 bits per heavy atom. The summed E-state index contributed by atoms with van der Waals surface area (Å²) in [5, 5.41) is 3.17. The highest BCUT2D eigenvalue weighted by molar-refractivity contribution is 5.77. The molecular weight excluding hydrogens is 202 g/mol. The third-order valence-corrected chi connectivity index (χ3v) is 2.43. The highest BCUT2D eigenvalue weighted by Crippen LogP contribution is 2.21. The third-order valence-electron chi connectivity index (χ3n) is 2.43. The van der Waals surface area contributed by atoms with Gasteiger partial charge in [0.15, 0.2) is 0 Å². The van der Waals surface area contributed by atoms with E-state index in [1.807, 2.05) is 42.6 Å². The van der Waals surface area contributed by atoms with E-state index in [0.717, 1.165) is 16.8 Å². The van der Waals surface area contributed by atoms with Crippen LogP contribution in [0.5, 0.6) is 0 Å². The molecular formula is C13H13NO2. The number of benzene rings is 1. The molecule has 0 radical (unpaired) electrons. The van der Waals surface area contributed by atoms with Crippen LogP contribution in [0.1, 0.15) is 12.0 Å². The Bertz CT molecular complexity index is 461. The zero-order chi connectivity index (χ0) is 11.4. The topological polar surface area (TPSA) is 38.3 Å². The Morgan fingerprint density at radius 3 is 2.94 bits per heavy atom. The molecule has 1 N–H and O–H groups in total. The number of hydrogen-bond acceptors (Lipinski definition) is 3. The maximum absolute atomic E-state index is 11.1. The standard InChI is InChI=1S/C13H13NO2/c1-16-13(15)8-10-6-7-11-4-2-3-5-12(11)14-9-10/h2-7,9,14H,8H2,1H3. The van der Waals surface area contributed by atoms with E-state index in [9.17, 15) is 4.79 Å². The number of ether oxygens (including phenoxy) is 1. The first-order chi connectivity index (χ1) is 7.79. The quantitative estimate of drug-likeness (QED) is 0.770. The van der Waals surface area contributed by atoms with Gasteiger partial charge in [-0.05, 0) is 17.2 Å². The summed E-state index contributed by atoms with van der Waals surface area (Å²) in [5.41, 5.74) is 3.06. The van der Waals surface area contributed by atoms with E-state index in [1.165, 1.54) is 7.11 Å². The van der Waals surface area contributed by atoms with Crippen LogP contribution in [-0.4, -0.2) is 13.1 Å². The molecule has 2 rings (SSSR count). The van der Waals surface area contributed by atoms with Crippen molar-refractivity contribution in [2.75, 3.05) is 12.4 Å². The van der Waals surface area contributed by atoms with Crippen LogP contribution in [-0.2, 0) is 9.53 Å². The molecule has 0 saturated heterocycles. The molecule has 1 aliphatic rings. The van der Waals surface area contributed by atoms with Gasteiger partial charge in [-0.1, -0.05) is 30.4 Å². The Hall–Kier alpha value is -2.03. The van der Waals surface area contributed by atoms with E-state index < -0.39 is 0 Å². The fourth-order valence-corrected chi connectivity index (χ4v) is 1.54. The zero-order valence-electron chi connectivity index (χ0n) is 9.07. The minimum Gasteiger partial charge on any atom is -0.469 e. The van der Waals surface area contributed by atoms with Crippen molar-refractivity contribution in [1.82, 2.24) is 0 Å². The second-order valence-corrected chi connectivity index (χ2v) is 3.54. The molecule has 0 spiro atoms. The van der Waals surface area contributed by atoms with Gasteiger partial charge in [-0.2, -0.15) is 0 Å². The van der Waals surface area contributed by atoms with Gasteiger partial charge in [-0.3, -0.25) is 4.79 Å². The molecule has 0 bridgehead atoms. The summed E-state index contributed by atoms with van der Waals surface area (Å²) >= 11 is 0. The number of para-hydroxylation sites is 1. The number of esters is 1. The monoisotopic (exact) mass is 215 g/mol. The summed E-state index contributed by atoms with van der Waals surface area (Å²) in [7, 11) is 1.39. The number of allylic oxidation sites excluding steroid dienone is 1. The molecule has 1 aliphatic heterocycles. The van der Waals surface area contributed by atoms with E-state index >= 15 is 0 Å². The first kappa shape index (κ1) is 10.5. The smallest absolute Gasteiger partial charge is 0.310 e. The molecule has 0 amide bonds. The largest absolute Gasteiger partial charge is 0.469 e. The van der Waals surface area contributed by atoms with E-state index in [1.54, 1.807) is 0 Å². The van der Waals surface area contributed by atoms with Crippen molar-refractivity contribution < 1.29 is 9.53 Å². The summed E-state index contributed by atoms with van der Waals surface area (Å²) in [6.07, 6.45) is 6.03. The van der Waals surface area contributed by atoms with Gasteiger partial charge in [0.25, 0.3) is 0 Å². The number of hydrogen-bond donors (Lipinski definition) is 1. The lowest BCUT2D eigenvalue weighted by atomic mass is 10.1. The van der Waals surface area contributed by atoms with E-state index in [4.69, 9.17) is 0 Å². The molecule has 0 atom stereocenters. The van der Waals surface area contributed by atoms with Gasteiger partial charge in [0, 0.05) is 11.9 Å². The SMILES string of the molecule is COC(=O)CC1=CNc2ccccc2C=C1. The number of methoxy groups -OCH3 is 1. The average Bonchev–Trinajstić information content (AvgIpc) is 2.52. The van der Waals surface area contributed by atoms with Crippen molar-refractivity contribution in [2.45, 2.75) is 6.42 Å². The number of carbonyl (C=O) groups is 1. The molecule has 16 heavy (non-hydrogen) atoms. The lowest BCUT2D eigenvalue weighted by Gasteiger charge is -2.03. The van der Waals surface area contributed by atoms with Crippen LogP contribution in [0.2, 0.25) is 0 Å². The predicted octanol–water partition coefficient (Wildman–Crippen LogP) is 2.57. The lowest BCUT2D eigenvalue weighted by Crippen LogP contribution is -2.01. The van der Waals surface area contributed by atoms with E-state index in [2.05, 4.69) is 10.1 Å². The molecule has 1 heterocycles. The second-order valence-electron chi connectivity index (χ2n) is 3.54. The summed E-state index contributed by atoms with van der Waals surface area (Å²) in [4.78, 5) is 11.1. The first-order valence-electron chi connectivity index (χ1n) is 5.09. The number of fused-ring (bicyclic) bond motifs is 1.